The standard InChI is InChI=1S/C26H38O2Si/c1-6-29(7-2,19-9-8-10-23-13-11-21(3)12-14-23)25-17-15-24(16-18-25)20-22(4)26(27)28-5/h11-18,22H,6-10,19-20H2,1-5H3/t22-/m0/s1. The summed E-state index contributed by atoms with van der Waals surface area (Å²) in [4.78, 5) is 11.7. The van der Waals surface area contributed by atoms with Crippen LogP contribution in [0, 0.1) is 12.8 Å². The molecule has 0 bridgehead atoms. The van der Waals surface area contributed by atoms with Gasteiger partial charge in [-0.1, -0.05) is 105 Å². The molecule has 0 saturated carbocycles. The minimum atomic E-state index is -1.45. The van der Waals surface area contributed by atoms with Crippen molar-refractivity contribution >= 4 is 19.2 Å². The van der Waals surface area contributed by atoms with Gasteiger partial charge in [0.15, 0.2) is 0 Å². The van der Waals surface area contributed by atoms with E-state index in [0.717, 1.165) is 6.42 Å². The molecule has 2 rings (SSSR count). The predicted octanol–water partition coefficient (Wildman–Crippen LogP) is 6.07. The molecular formula is C26H38O2Si. The van der Waals surface area contributed by atoms with Crippen molar-refractivity contribution in [3.8, 4) is 0 Å². The van der Waals surface area contributed by atoms with Crippen LogP contribution in [-0.4, -0.2) is 21.2 Å². The van der Waals surface area contributed by atoms with Gasteiger partial charge in [-0.15, -0.1) is 0 Å². The zero-order chi connectivity index (χ0) is 21.3. The number of esters is 1. The average molecular weight is 411 g/mol. The first kappa shape index (κ1) is 23.4. The Morgan fingerprint density at radius 2 is 1.52 bits per heavy atom. The highest BCUT2D eigenvalue weighted by Crippen LogP contribution is 2.24. The molecule has 0 fully saturated rings. The maximum absolute atomic E-state index is 11.7. The fourth-order valence-corrected chi connectivity index (χ4v) is 8.45. The topological polar surface area (TPSA) is 26.3 Å². The Morgan fingerprint density at radius 3 is 2.07 bits per heavy atom. The van der Waals surface area contributed by atoms with Gasteiger partial charge in [-0.25, -0.2) is 0 Å². The number of hydrogen-bond donors (Lipinski definition) is 0. The number of hydrogen-bond acceptors (Lipinski definition) is 2. The molecule has 0 aliphatic heterocycles. The number of carbonyl (C=O) groups excluding carboxylic acids is 1. The monoisotopic (exact) mass is 410 g/mol. The fourth-order valence-electron chi connectivity index (χ4n) is 4.34. The smallest absolute Gasteiger partial charge is 0.308 e. The van der Waals surface area contributed by atoms with E-state index in [9.17, 15) is 4.79 Å². The number of ether oxygens (including phenoxy) is 1. The van der Waals surface area contributed by atoms with Crippen LogP contribution < -0.4 is 5.19 Å². The molecule has 0 amide bonds. The van der Waals surface area contributed by atoms with Gasteiger partial charge >= 0.3 is 5.97 Å². The Labute approximate surface area is 178 Å². The third-order valence-corrected chi connectivity index (χ3v) is 12.1. The Kier molecular flexibility index (Phi) is 9.16. The summed E-state index contributed by atoms with van der Waals surface area (Å²) in [5, 5.41) is 1.58. The summed E-state index contributed by atoms with van der Waals surface area (Å²) in [5.74, 6) is -0.222. The van der Waals surface area contributed by atoms with Crippen molar-refractivity contribution in [2.24, 2.45) is 5.92 Å². The van der Waals surface area contributed by atoms with Gasteiger partial charge in [-0.05, 0) is 37.3 Å². The third kappa shape index (κ3) is 6.57. The van der Waals surface area contributed by atoms with Crippen molar-refractivity contribution in [2.45, 2.75) is 71.5 Å². The second-order valence-corrected chi connectivity index (χ2v) is 13.6. The first-order valence-corrected chi connectivity index (χ1v) is 13.8. The zero-order valence-electron chi connectivity index (χ0n) is 19.0. The summed E-state index contributed by atoms with van der Waals surface area (Å²) in [6.45, 7) is 8.84. The minimum absolute atomic E-state index is 0.0908. The molecule has 0 heterocycles. The molecule has 2 aromatic carbocycles. The Bertz CT molecular complexity index is 745. The second-order valence-electron chi connectivity index (χ2n) is 8.51. The Balaban J connectivity index is 1.97. The summed E-state index contributed by atoms with van der Waals surface area (Å²) in [5.41, 5.74) is 4.02. The van der Waals surface area contributed by atoms with E-state index in [-0.39, 0.29) is 11.9 Å². The van der Waals surface area contributed by atoms with Crippen molar-refractivity contribution in [3.63, 3.8) is 0 Å². The van der Waals surface area contributed by atoms with Crippen LogP contribution >= 0.6 is 0 Å². The van der Waals surface area contributed by atoms with Gasteiger partial charge < -0.3 is 4.74 Å². The lowest BCUT2D eigenvalue weighted by molar-refractivity contribution is -0.144. The molecule has 0 N–H and O–H groups in total. The third-order valence-electron chi connectivity index (χ3n) is 6.56. The molecule has 0 aromatic heterocycles. The largest absolute Gasteiger partial charge is 0.469 e. The van der Waals surface area contributed by atoms with Crippen LogP contribution in [0.15, 0.2) is 48.5 Å². The van der Waals surface area contributed by atoms with Crippen LogP contribution in [0.2, 0.25) is 18.1 Å². The minimum Gasteiger partial charge on any atom is -0.469 e. The van der Waals surface area contributed by atoms with Gasteiger partial charge in [-0.2, -0.15) is 0 Å². The van der Waals surface area contributed by atoms with Crippen LogP contribution in [-0.2, 0) is 22.4 Å². The molecule has 1 atom stereocenters. The van der Waals surface area contributed by atoms with E-state index >= 15 is 0 Å². The number of aryl methyl sites for hydroxylation is 2. The van der Waals surface area contributed by atoms with E-state index in [2.05, 4.69) is 69.3 Å². The summed E-state index contributed by atoms with van der Waals surface area (Å²) >= 11 is 0. The van der Waals surface area contributed by atoms with Gasteiger partial charge in [0.2, 0.25) is 0 Å². The van der Waals surface area contributed by atoms with Crippen LogP contribution in [0.25, 0.3) is 0 Å². The lowest BCUT2D eigenvalue weighted by Crippen LogP contribution is -2.46. The molecule has 0 aliphatic rings. The van der Waals surface area contributed by atoms with Gasteiger partial charge in [0.05, 0.1) is 21.1 Å². The zero-order valence-corrected chi connectivity index (χ0v) is 20.0. The molecule has 0 unspecified atom stereocenters. The average Bonchev–Trinajstić information content (AvgIpc) is 2.75. The summed E-state index contributed by atoms with van der Waals surface area (Å²) in [7, 11) is 0.0116. The first-order chi connectivity index (χ1) is 13.9. The highest BCUT2D eigenvalue weighted by molar-refractivity contribution is 6.91. The number of carbonyl (C=O) groups is 1. The van der Waals surface area contributed by atoms with E-state index in [1.165, 1.54) is 61.2 Å². The maximum atomic E-state index is 11.7. The van der Waals surface area contributed by atoms with Crippen LogP contribution in [0.4, 0.5) is 0 Å². The van der Waals surface area contributed by atoms with Gasteiger partial charge in [-0.3, -0.25) is 4.79 Å². The quantitative estimate of drug-likeness (QED) is 0.255. The molecule has 3 heteroatoms. The Morgan fingerprint density at radius 1 is 0.931 bits per heavy atom. The number of rotatable bonds is 11. The summed E-state index contributed by atoms with van der Waals surface area (Å²) in [6, 6.07) is 22.1. The maximum Gasteiger partial charge on any atom is 0.308 e. The van der Waals surface area contributed by atoms with Gasteiger partial charge in [0.25, 0.3) is 0 Å². The van der Waals surface area contributed by atoms with Gasteiger partial charge in [0.1, 0.15) is 0 Å². The van der Waals surface area contributed by atoms with E-state index in [1.54, 1.807) is 5.19 Å². The predicted molar refractivity (Wildman–Crippen MR) is 127 cm³/mol. The molecule has 2 aromatic rings. The number of methoxy groups -OCH3 is 1. The Hall–Kier alpha value is -1.87. The highest BCUT2D eigenvalue weighted by Gasteiger charge is 2.30. The van der Waals surface area contributed by atoms with Crippen molar-refractivity contribution in [2.75, 3.05) is 7.11 Å². The number of unbranched alkanes of at least 4 members (excludes halogenated alkanes) is 1. The first-order valence-electron chi connectivity index (χ1n) is 11.2. The van der Waals surface area contributed by atoms with Crippen LogP contribution in [0.5, 0.6) is 0 Å². The van der Waals surface area contributed by atoms with Gasteiger partial charge in [0, 0.05) is 0 Å². The van der Waals surface area contributed by atoms with E-state index in [1.807, 2.05) is 6.92 Å². The molecule has 29 heavy (non-hydrogen) atoms. The summed E-state index contributed by atoms with van der Waals surface area (Å²) in [6.07, 6.45) is 4.51. The summed E-state index contributed by atoms with van der Waals surface area (Å²) < 4.78 is 4.86. The molecular weight excluding hydrogens is 372 g/mol. The molecule has 0 aliphatic carbocycles. The van der Waals surface area contributed by atoms with E-state index in [4.69, 9.17) is 4.74 Å². The van der Waals surface area contributed by atoms with Crippen molar-refractivity contribution in [1.29, 1.82) is 0 Å². The van der Waals surface area contributed by atoms with E-state index < -0.39 is 8.07 Å². The van der Waals surface area contributed by atoms with Crippen molar-refractivity contribution in [1.82, 2.24) is 0 Å². The van der Waals surface area contributed by atoms with Crippen LogP contribution in [0.3, 0.4) is 0 Å². The molecule has 0 radical (unpaired) electrons. The number of benzene rings is 2. The molecule has 0 saturated heterocycles. The van der Waals surface area contributed by atoms with E-state index in [0.29, 0.717) is 0 Å². The second kappa shape index (κ2) is 11.3. The molecule has 0 spiro atoms. The fraction of sp³-hybridized carbons (Fsp3) is 0.500. The molecule has 2 nitrogen and oxygen atoms in total. The lowest BCUT2D eigenvalue weighted by Gasteiger charge is -2.30. The van der Waals surface area contributed by atoms with Crippen molar-refractivity contribution < 1.29 is 9.53 Å². The SMILES string of the molecule is CC[Si](CC)(CCCCc1ccc(C)cc1)c1ccc(C[C@H](C)C(=O)OC)cc1. The molecule has 158 valence electrons. The van der Waals surface area contributed by atoms with Crippen molar-refractivity contribution in [3.05, 3.63) is 65.2 Å². The highest BCUT2D eigenvalue weighted by atomic mass is 28.3. The lowest BCUT2D eigenvalue weighted by atomic mass is 10.0. The normalized spacial score (nSPS) is 12.6. The van der Waals surface area contributed by atoms with Crippen LogP contribution in [0.1, 0.15) is 50.3 Å².